The zero-order chi connectivity index (χ0) is 9.56. The SMILES string of the molecule is CCC(C(C)=O)C(NC=O)SC. The minimum absolute atomic E-state index is 0.0646. The third-order valence-electron chi connectivity index (χ3n) is 1.81. The summed E-state index contributed by atoms with van der Waals surface area (Å²) in [7, 11) is 0. The molecule has 0 radical (unpaired) electrons. The van der Waals surface area contributed by atoms with Gasteiger partial charge in [-0.25, -0.2) is 0 Å². The summed E-state index contributed by atoms with van der Waals surface area (Å²) in [5, 5.41) is 2.55. The number of nitrogens with one attached hydrogen (secondary N) is 1. The lowest BCUT2D eigenvalue weighted by Crippen LogP contribution is -2.35. The van der Waals surface area contributed by atoms with E-state index in [2.05, 4.69) is 5.32 Å². The van der Waals surface area contributed by atoms with Crippen LogP contribution in [0.1, 0.15) is 20.3 Å². The highest BCUT2D eigenvalue weighted by Gasteiger charge is 2.22. The average Bonchev–Trinajstić information content (AvgIpc) is 2.03. The molecule has 0 heterocycles. The van der Waals surface area contributed by atoms with Gasteiger partial charge < -0.3 is 5.32 Å². The van der Waals surface area contributed by atoms with Crippen molar-refractivity contribution in [2.75, 3.05) is 6.26 Å². The normalized spacial score (nSPS) is 14.9. The van der Waals surface area contributed by atoms with Gasteiger partial charge in [-0.2, -0.15) is 0 Å². The highest BCUT2D eigenvalue weighted by atomic mass is 32.2. The molecule has 70 valence electrons. The van der Waals surface area contributed by atoms with E-state index in [1.165, 1.54) is 11.8 Å². The molecule has 0 bridgehead atoms. The van der Waals surface area contributed by atoms with Gasteiger partial charge in [0.05, 0.1) is 5.37 Å². The Kier molecular flexibility index (Phi) is 5.80. The van der Waals surface area contributed by atoms with Crippen LogP contribution in [-0.4, -0.2) is 23.8 Å². The largest absolute Gasteiger partial charge is 0.346 e. The smallest absolute Gasteiger partial charge is 0.208 e. The first-order chi connectivity index (χ1) is 5.67. The van der Waals surface area contributed by atoms with Gasteiger partial charge in [0.15, 0.2) is 0 Å². The van der Waals surface area contributed by atoms with E-state index in [-0.39, 0.29) is 17.1 Å². The monoisotopic (exact) mass is 189 g/mol. The molecule has 1 N–H and O–H groups in total. The third-order valence-corrected chi connectivity index (χ3v) is 2.79. The Hall–Kier alpha value is -0.510. The fourth-order valence-corrected chi connectivity index (χ4v) is 2.03. The van der Waals surface area contributed by atoms with Crippen molar-refractivity contribution in [2.45, 2.75) is 25.6 Å². The first kappa shape index (κ1) is 11.5. The predicted octanol–water partition coefficient (Wildman–Crippen LogP) is 1.04. The maximum Gasteiger partial charge on any atom is 0.208 e. The number of hydrogen-bond acceptors (Lipinski definition) is 3. The molecule has 0 aliphatic heterocycles. The van der Waals surface area contributed by atoms with E-state index >= 15 is 0 Å². The van der Waals surface area contributed by atoms with E-state index in [4.69, 9.17) is 0 Å². The molecule has 0 fully saturated rings. The standard InChI is InChI=1S/C8H15NO2S/c1-4-7(6(2)11)8(12-3)9-5-10/h5,7-8H,4H2,1-3H3,(H,9,10). The molecule has 4 heteroatoms. The molecule has 0 spiro atoms. The minimum atomic E-state index is -0.0787. The van der Waals surface area contributed by atoms with Crippen LogP contribution in [0.2, 0.25) is 0 Å². The molecule has 3 nitrogen and oxygen atoms in total. The van der Waals surface area contributed by atoms with Crippen LogP contribution in [0.5, 0.6) is 0 Å². The van der Waals surface area contributed by atoms with Gasteiger partial charge in [-0.15, -0.1) is 11.8 Å². The highest BCUT2D eigenvalue weighted by Crippen LogP contribution is 2.18. The second-order valence-electron chi connectivity index (χ2n) is 2.57. The molecule has 0 aromatic carbocycles. The summed E-state index contributed by atoms with van der Waals surface area (Å²) in [5.41, 5.74) is 0. The van der Waals surface area contributed by atoms with Crippen LogP contribution in [0.3, 0.4) is 0 Å². The van der Waals surface area contributed by atoms with E-state index in [1.807, 2.05) is 13.2 Å². The molecule has 0 saturated carbocycles. The molecular weight excluding hydrogens is 174 g/mol. The molecular formula is C8H15NO2S. The second kappa shape index (κ2) is 6.06. The van der Waals surface area contributed by atoms with Crippen molar-refractivity contribution >= 4 is 24.0 Å². The number of carbonyl (C=O) groups excluding carboxylic acids is 2. The van der Waals surface area contributed by atoms with Gasteiger partial charge in [-0.05, 0) is 19.6 Å². The van der Waals surface area contributed by atoms with E-state index in [0.717, 1.165) is 6.42 Å². The van der Waals surface area contributed by atoms with E-state index in [0.29, 0.717) is 6.41 Å². The van der Waals surface area contributed by atoms with Crippen LogP contribution in [0, 0.1) is 5.92 Å². The third kappa shape index (κ3) is 3.26. The topological polar surface area (TPSA) is 46.2 Å². The fourth-order valence-electron chi connectivity index (χ4n) is 1.13. The molecule has 0 aliphatic rings. The van der Waals surface area contributed by atoms with Crippen molar-refractivity contribution in [3.05, 3.63) is 0 Å². The maximum atomic E-state index is 11.1. The minimum Gasteiger partial charge on any atom is -0.346 e. The van der Waals surface area contributed by atoms with Gasteiger partial charge in [0.1, 0.15) is 5.78 Å². The zero-order valence-corrected chi connectivity index (χ0v) is 8.48. The number of Topliss-reactive ketones (excluding diaryl/α,β-unsaturated/α-hetero) is 1. The fraction of sp³-hybridized carbons (Fsp3) is 0.750. The van der Waals surface area contributed by atoms with Gasteiger partial charge >= 0.3 is 0 Å². The van der Waals surface area contributed by atoms with Gasteiger partial charge in [0, 0.05) is 5.92 Å². The summed E-state index contributed by atoms with van der Waals surface area (Å²) in [6, 6.07) is 0. The molecule has 0 aliphatic carbocycles. The number of ketones is 1. The summed E-state index contributed by atoms with van der Waals surface area (Å²) >= 11 is 1.49. The van der Waals surface area contributed by atoms with Crippen LogP contribution in [-0.2, 0) is 9.59 Å². The summed E-state index contributed by atoms with van der Waals surface area (Å²) in [4.78, 5) is 21.3. The molecule has 1 amide bonds. The molecule has 2 atom stereocenters. The van der Waals surface area contributed by atoms with E-state index in [1.54, 1.807) is 6.92 Å². The van der Waals surface area contributed by atoms with Crippen LogP contribution < -0.4 is 5.32 Å². The van der Waals surface area contributed by atoms with Crippen molar-refractivity contribution in [3.63, 3.8) is 0 Å². The Bertz CT molecular complexity index is 161. The lowest BCUT2D eigenvalue weighted by atomic mass is 10.0. The van der Waals surface area contributed by atoms with Gasteiger partial charge in [0.25, 0.3) is 0 Å². The number of amides is 1. The zero-order valence-electron chi connectivity index (χ0n) is 7.66. The predicted molar refractivity (Wildman–Crippen MR) is 51.0 cm³/mol. The van der Waals surface area contributed by atoms with Crippen LogP contribution in [0.25, 0.3) is 0 Å². The lowest BCUT2D eigenvalue weighted by molar-refractivity contribution is -0.121. The Morgan fingerprint density at radius 1 is 1.67 bits per heavy atom. The van der Waals surface area contributed by atoms with Crippen molar-refractivity contribution in [2.24, 2.45) is 5.92 Å². The molecule has 0 rings (SSSR count). The van der Waals surface area contributed by atoms with Crippen LogP contribution in [0.4, 0.5) is 0 Å². The van der Waals surface area contributed by atoms with Crippen LogP contribution in [0.15, 0.2) is 0 Å². The van der Waals surface area contributed by atoms with Gasteiger partial charge in [0.2, 0.25) is 6.41 Å². The molecule has 12 heavy (non-hydrogen) atoms. The Balaban J connectivity index is 4.21. The van der Waals surface area contributed by atoms with Gasteiger partial charge in [-0.1, -0.05) is 6.92 Å². The van der Waals surface area contributed by atoms with Crippen molar-refractivity contribution in [3.8, 4) is 0 Å². The van der Waals surface area contributed by atoms with E-state index in [9.17, 15) is 9.59 Å². The number of hydrogen-bond donors (Lipinski definition) is 1. The first-order valence-electron chi connectivity index (χ1n) is 3.90. The highest BCUT2D eigenvalue weighted by molar-refractivity contribution is 7.99. The lowest BCUT2D eigenvalue weighted by Gasteiger charge is -2.21. The quantitative estimate of drug-likeness (QED) is 0.501. The molecule has 2 unspecified atom stereocenters. The average molecular weight is 189 g/mol. The van der Waals surface area contributed by atoms with Crippen molar-refractivity contribution in [1.82, 2.24) is 5.32 Å². The second-order valence-corrected chi connectivity index (χ2v) is 3.55. The summed E-state index contributed by atoms with van der Waals surface area (Å²) in [5.74, 6) is 0.0661. The molecule has 0 aromatic heterocycles. The van der Waals surface area contributed by atoms with Crippen molar-refractivity contribution in [1.29, 1.82) is 0 Å². The number of rotatable bonds is 6. The Morgan fingerprint density at radius 2 is 2.25 bits per heavy atom. The molecule has 0 aromatic rings. The van der Waals surface area contributed by atoms with Gasteiger partial charge in [-0.3, -0.25) is 9.59 Å². The Morgan fingerprint density at radius 3 is 2.50 bits per heavy atom. The number of carbonyl (C=O) groups is 2. The van der Waals surface area contributed by atoms with E-state index < -0.39 is 0 Å². The molecule has 0 saturated heterocycles. The maximum absolute atomic E-state index is 11.1. The summed E-state index contributed by atoms with van der Waals surface area (Å²) in [6.45, 7) is 3.51. The summed E-state index contributed by atoms with van der Waals surface area (Å²) in [6.07, 6.45) is 3.29. The Labute approximate surface area is 77.3 Å². The van der Waals surface area contributed by atoms with Crippen molar-refractivity contribution < 1.29 is 9.59 Å². The van der Waals surface area contributed by atoms with Crippen LogP contribution >= 0.6 is 11.8 Å². The summed E-state index contributed by atoms with van der Waals surface area (Å²) < 4.78 is 0. The number of thioether (sulfide) groups is 1. The first-order valence-corrected chi connectivity index (χ1v) is 5.19.